The average Bonchev–Trinajstić information content (AvgIpc) is 2.75. The van der Waals surface area contributed by atoms with E-state index in [0.29, 0.717) is 12.2 Å². The summed E-state index contributed by atoms with van der Waals surface area (Å²) in [6, 6.07) is 12.0. The summed E-state index contributed by atoms with van der Waals surface area (Å²) in [6.07, 6.45) is 1.03. The molecule has 0 aliphatic carbocycles. The van der Waals surface area contributed by atoms with E-state index in [1.165, 1.54) is 30.0 Å². The third-order valence-electron chi connectivity index (χ3n) is 5.32. The van der Waals surface area contributed by atoms with Gasteiger partial charge < -0.3 is 10.2 Å². The van der Waals surface area contributed by atoms with Gasteiger partial charge in [0.15, 0.2) is 0 Å². The van der Waals surface area contributed by atoms with Crippen molar-refractivity contribution in [1.82, 2.24) is 10.2 Å². The number of benzene rings is 2. The predicted molar refractivity (Wildman–Crippen MR) is 128 cm³/mol. The number of nitrogens with zero attached hydrogens (tertiary/aromatic N) is 2. The Morgan fingerprint density at radius 2 is 1.64 bits per heavy atom. The van der Waals surface area contributed by atoms with Gasteiger partial charge in [-0.25, -0.2) is 12.8 Å². The molecule has 180 valence electrons. The van der Waals surface area contributed by atoms with Crippen molar-refractivity contribution >= 4 is 27.5 Å². The molecule has 0 heterocycles. The van der Waals surface area contributed by atoms with Crippen LogP contribution >= 0.6 is 0 Å². The van der Waals surface area contributed by atoms with E-state index in [1.54, 1.807) is 25.1 Å². The van der Waals surface area contributed by atoms with Crippen LogP contribution in [0.1, 0.15) is 44.7 Å². The summed E-state index contributed by atoms with van der Waals surface area (Å²) >= 11 is 0. The second-order valence-corrected chi connectivity index (χ2v) is 10.1. The zero-order chi connectivity index (χ0) is 24.8. The van der Waals surface area contributed by atoms with Gasteiger partial charge in [0, 0.05) is 18.7 Å². The van der Waals surface area contributed by atoms with Crippen LogP contribution in [0.4, 0.5) is 10.1 Å². The molecule has 0 aliphatic heterocycles. The third kappa shape index (κ3) is 6.77. The van der Waals surface area contributed by atoms with E-state index in [-0.39, 0.29) is 18.0 Å². The standard InChI is InChI=1S/C24H32FN3O4S/c1-6-26-24(30)18(4)27(15-19-11-7-9-13-21(19)25)23(29)16-28(33(5,31)32)22-14-10-8-12-20(22)17(2)3/h7-14,17-18H,6,15-16H2,1-5H3,(H,26,30). The summed E-state index contributed by atoms with van der Waals surface area (Å²) in [5, 5.41) is 2.66. The Kier molecular flexibility index (Phi) is 8.99. The van der Waals surface area contributed by atoms with Gasteiger partial charge in [0.1, 0.15) is 18.4 Å². The summed E-state index contributed by atoms with van der Waals surface area (Å²) < 4.78 is 40.8. The average molecular weight is 478 g/mol. The molecule has 7 nitrogen and oxygen atoms in total. The lowest BCUT2D eigenvalue weighted by Crippen LogP contribution is -2.51. The first-order valence-corrected chi connectivity index (χ1v) is 12.7. The normalized spacial score (nSPS) is 12.3. The Hall–Kier alpha value is -2.94. The molecule has 0 saturated carbocycles. The Bertz CT molecular complexity index is 1090. The van der Waals surface area contributed by atoms with Gasteiger partial charge in [-0.05, 0) is 37.5 Å². The Morgan fingerprint density at radius 1 is 1.03 bits per heavy atom. The fraction of sp³-hybridized carbons (Fsp3) is 0.417. The summed E-state index contributed by atoms with van der Waals surface area (Å²) in [7, 11) is -3.83. The lowest BCUT2D eigenvalue weighted by molar-refractivity contribution is -0.139. The predicted octanol–water partition coefficient (Wildman–Crippen LogP) is 3.27. The van der Waals surface area contributed by atoms with Crippen LogP contribution in [0, 0.1) is 5.82 Å². The zero-order valence-corrected chi connectivity index (χ0v) is 20.5. The monoisotopic (exact) mass is 477 g/mol. The van der Waals surface area contributed by atoms with Crippen LogP contribution in [0.15, 0.2) is 48.5 Å². The molecule has 0 aromatic heterocycles. The fourth-order valence-electron chi connectivity index (χ4n) is 3.51. The van der Waals surface area contributed by atoms with Gasteiger partial charge in [-0.2, -0.15) is 0 Å². The summed E-state index contributed by atoms with van der Waals surface area (Å²) in [5.74, 6) is -1.51. The molecule has 1 N–H and O–H groups in total. The maximum absolute atomic E-state index is 14.3. The number of amides is 2. The van der Waals surface area contributed by atoms with Crippen LogP contribution in [0.5, 0.6) is 0 Å². The van der Waals surface area contributed by atoms with Gasteiger partial charge in [0.05, 0.1) is 11.9 Å². The van der Waals surface area contributed by atoms with Crippen molar-refractivity contribution in [3.63, 3.8) is 0 Å². The van der Waals surface area contributed by atoms with Crippen molar-refractivity contribution in [2.24, 2.45) is 0 Å². The number of carbonyl (C=O) groups excluding carboxylic acids is 2. The van der Waals surface area contributed by atoms with E-state index < -0.39 is 40.2 Å². The number of para-hydroxylation sites is 1. The third-order valence-corrected chi connectivity index (χ3v) is 6.45. The number of carbonyl (C=O) groups is 2. The molecule has 1 atom stereocenters. The van der Waals surface area contributed by atoms with Crippen molar-refractivity contribution < 1.29 is 22.4 Å². The Morgan fingerprint density at radius 3 is 2.21 bits per heavy atom. The topological polar surface area (TPSA) is 86.8 Å². The number of likely N-dealkylation sites (N-methyl/N-ethyl adjacent to an activating group) is 1. The highest BCUT2D eigenvalue weighted by molar-refractivity contribution is 7.92. The van der Waals surface area contributed by atoms with Crippen LogP contribution < -0.4 is 9.62 Å². The summed E-state index contributed by atoms with van der Waals surface area (Å²) in [5.41, 5.74) is 1.41. The van der Waals surface area contributed by atoms with Crippen molar-refractivity contribution in [3.05, 3.63) is 65.5 Å². The highest BCUT2D eigenvalue weighted by Gasteiger charge is 2.31. The lowest BCUT2D eigenvalue weighted by Gasteiger charge is -2.32. The molecule has 33 heavy (non-hydrogen) atoms. The molecular weight excluding hydrogens is 445 g/mol. The molecule has 2 amide bonds. The van der Waals surface area contributed by atoms with Crippen molar-refractivity contribution in [2.45, 2.75) is 46.2 Å². The minimum atomic E-state index is -3.83. The quantitative estimate of drug-likeness (QED) is 0.569. The van der Waals surface area contributed by atoms with Crippen molar-refractivity contribution in [3.8, 4) is 0 Å². The van der Waals surface area contributed by atoms with E-state index in [0.717, 1.165) is 16.1 Å². The maximum Gasteiger partial charge on any atom is 0.244 e. The maximum atomic E-state index is 14.3. The molecule has 0 saturated heterocycles. The molecule has 0 bridgehead atoms. The number of hydrogen-bond donors (Lipinski definition) is 1. The molecule has 2 rings (SSSR count). The first-order chi connectivity index (χ1) is 15.5. The summed E-state index contributed by atoms with van der Waals surface area (Å²) in [4.78, 5) is 27.2. The minimum Gasteiger partial charge on any atom is -0.355 e. The van der Waals surface area contributed by atoms with E-state index in [9.17, 15) is 22.4 Å². The minimum absolute atomic E-state index is 0.0179. The molecular formula is C24H32FN3O4S. The number of anilines is 1. The van der Waals surface area contributed by atoms with Gasteiger partial charge in [-0.1, -0.05) is 50.2 Å². The van der Waals surface area contributed by atoms with Crippen LogP contribution in [0.2, 0.25) is 0 Å². The number of halogens is 1. The second kappa shape index (κ2) is 11.3. The van der Waals surface area contributed by atoms with Gasteiger partial charge >= 0.3 is 0 Å². The first-order valence-electron chi connectivity index (χ1n) is 10.8. The Balaban J connectivity index is 2.47. The molecule has 0 fully saturated rings. The molecule has 0 spiro atoms. The van der Waals surface area contributed by atoms with Gasteiger partial charge in [0.2, 0.25) is 21.8 Å². The number of rotatable bonds is 10. The molecule has 0 aliphatic rings. The number of hydrogen-bond acceptors (Lipinski definition) is 4. The van der Waals surface area contributed by atoms with E-state index in [4.69, 9.17) is 0 Å². The first kappa shape index (κ1) is 26.3. The number of nitrogens with one attached hydrogen (secondary N) is 1. The molecule has 2 aromatic rings. The van der Waals surface area contributed by atoms with Gasteiger partial charge in [0.25, 0.3) is 0 Å². The highest BCUT2D eigenvalue weighted by Crippen LogP contribution is 2.29. The fourth-order valence-corrected chi connectivity index (χ4v) is 4.38. The summed E-state index contributed by atoms with van der Waals surface area (Å²) in [6.45, 7) is 6.83. The molecule has 2 aromatic carbocycles. The Labute approximate surface area is 195 Å². The van der Waals surface area contributed by atoms with Crippen molar-refractivity contribution in [1.29, 1.82) is 0 Å². The van der Waals surface area contributed by atoms with Gasteiger partial charge in [-0.3, -0.25) is 13.9 Å². The van der Waals surface area contributed by atoms with E-state index >= 15 is 0 Å². The molecule has 9 heteroatoms. The van der Waals surface area contributed by atoms with Crippen LogP contribution in [0.25, 0.3) is 0 Å². The zero-order valence-electron chi connectivity index (χ0n) is 19.7. The SMILES string of the molecule is CCNC(=O)C(C)N(Cc1ccccc1F)C(=O)CN(c1ccccc1C(C)C)S(C)(=O)=O. The highest BCUT2D eigenvalue weighted by atomic mass is 32.2. The molecule has 0 radical (unpaired) electrons. The van der Waals surface area contributed by atoms with E-state index in [2.05, 4.69) is 5.32 Å². The van der Waals surface area contributed by atoms with E-state index in [1.807, 2.05) is 26.0 Å². The van der Waals surface area contributed by atoms with Crippen molar-refractivity contribution in [2.75, 3.05) is 23.7 Å². The number of sulfonamides is 1. The van der Waals surface area contributed by atoms with Crippen LogP contribution in [0.3, 0.4) is 0 Å². The van der Waals surface area contributed by atoms with Gasteiger partial charge in [-0.15, -0.1) is 0 Å². The molecule has 1 unspecified atom stereocenters. The lowest BCUT2D eigenvalue weighted by atomic mass is 10.0. The largest absolute Gasteiger partial charge is 0.355 e. The van der Waals surface area contributed by atoms with Crippen LogP contribution in [-0.4, -0.2) is 50.5 Å². The second-order valence-electron chi connectivity index (χ2n) is 8.17. The van der Waals surface area contributed by atoms with Crippen LogP contribution in [-0.2, 0) is 26.2 Å². The smallest absolute Gasteiger partial charge is 0.244 e.